The van der Waals surface area contributed by atoms with E-state index in [1.54, 1.807) is 22.8 Å². The number of fused-ring (bicyclic) bond motifs is 3. The smallest absolute Gasteiger partial charge is 0.405 e. The number of urea groups is 1. The van der Waals surface area contributed by atoms with Gasteiger partial charge in [0.2, 0.25) is 5.91 Å². The minimum atomic E-state index is -4.56. The average molecular weight is 395 g/mol. The van der Waals surface area contributed by atoms with Gasteiger partial charge in [-0.1, -0.05) is 18.2 Å². The second kappa shape index (κ2) is 7.67. The van der Waals surface area contributed by atoms with Crippen LogP contribution in [0.15, 0.2) is 40.8 Å². The van der Waals surface area contributed by atoms with E-state index < -0.39 is 24.7 Å². The van der Waals surface area contributed by atoms with Crippen molar-refractivity contribution in [3.8, 4) is 5.75 Å². The monoisotopic (exact) mass is 395 g/mol. The van der Waals surface area contributed by atoms with Gasteiger partial charge in [-0.05, 0) is 12.1 Å². The number of amides is 3. The molecule has 0 aliphatic rings. The van der Waals surface area contributed by atoms with Crippen LogP contribution in [0.1, 0.15) is 0 Å². The maximum absolute atomic E-state index is 12.0. The Kier molecular flexibility index (Phi) is 5.30. The number of anilines is 1. The van der Waals surface area contributed by atoms with Gasteiger partial charge in [-0.3, -0.25) is 10.1 Å². The summed E-state index contributed by atoms with van der Waals surface area (Å²) in [4.78, 5) is 23.1. The number of imide groups is 1. The first-order valence-corrected chi connectivity index (χ1v) is 8.14. The first-order chi connectivity index (χ1) is 13.3. The number of furan rings is 1. The summed E-state index contributed by atoms with van der Waals surface area (Å²) >= 11 is 0. The van der Waals surface area contributed by atoms with Crippen LogP contribution >= 0.6 is 0 Å². The molecule has 0 radical (unpaired) electrons. The molecular formula is C18H16F3N3O4. The Morgan fingerprint density at radius 2 is 1.86 bits per heavy atom. The molecule has 3 rings (SSSR count). The number of ether oxygens (including phenoxy) is 1. The quantitative estimate of drug-likeness (QED) is 0.616. The van der Waals surface area contributed by atoms with Crippen LogP contribution < -0.4 is 20.7 Å². The van der Waals surface area contributed by atoms with Gasteiger partial charge in [-0.2, -0.15) is 13.2 Å². The first-order valence-electron chi connectivity index (χ1n) is 8.14. The van der Waals surface area contributed by atoms with Gasteiger partial charge in [-0.15, -0.1) is 0 Å². The highest BCUT2D eigenvalue weighted by Gasteiger charge is 2.28. The number of hydrogen-bond acceptors (Lipinski definition) is 5. The van der Waals surface area contributed by atoms with Crippen molar-refractivity contribution in [1.82, 2.24) is 10.6 Å². The van der Waals surface area contributed by atoms with Crippen molar-refractivity contribution in [2.45, 2.75) is 6.18 Å². The number of methoxy groups -OCH3 is 1. The van der Waals surface area contributed by atoms with E-state index in [-0.39, 0.29) is 6.54 Å². The molecule has 10 heteroatoms. The zero-order chi connectivity index (χ0) is 20.3. The number of benzene rings is 2. The topological polar surface area (TPSA) is 92.6 Å². The Hall–Kier alpha value is -3.43. The summed E-state index contributed by atoms with van der Waals surface area (Å²) in [5, 5.41) is 7.86. The lowest BCUT2D eigenvalue weighted by molar-refractivity contribution is -0.124. The molecular weight excluding hydrogens is 379 g/mol. The zero-order valence-corrected chi connectivity index (χ0v) is 14.6. The fourth-order valence-electron chi connectivity index (χ4n) is 2.63. The molecule has 0 saturated carbocycles. The third kappa shape index (κ3) is 4.45. The maximum atomic E-state index is 12.0. The summed E-state index contributed by atoms with van der Waals surface area (Å²) in [6.45, 7) is -1.89. The molecule has 0 saturated heterocycles. The van der Waals surface area contributed by atoms with Gasteiger partial charge in [-0.25, -0.2) is 4.79 Å². The number of halogens is 3. The van der Waals surface area contributed by atoms with Crippen molar-refractivity contribution in [3.63, 3.8) is 0 Å². The standard InChI is InChI=1S/C18H16F3N3O4/c1-27-15-6-11-10-4-2-3-5-13(10)28-14(11)7-12(15)22-8-16(25)24-17(26)23-9-18(19,20)21/h2-7,22H,8-9H2,1H3,(H2,23,24,25,26). The number of nitrogens with one attached hydrogen (secondary N) is 3. The molecule has 3 amide bonds. The summed E-state index contributed by atoms with van der Waals surface area (Å²) in [7, 11) is 1.46. The van der Waals surface area contributed by atoms with E-state index in [9.17, 15) is 22.8 Å². The lowest BCUT2D eigenvalue weighted by Gasteiger charge is -2.12. The lowest BCUT2D eigenvalue weighted by Crippen LogP contribution is -2.45. The molecule has 0 atom stereocenters. The van der Waals surface area contributed by atoms with Crippen LogP contribution in [0.5, 0.6) is 5.75 Å². The molecule has 3 aromatic rings. The van der Waals surface area contributed by atoms with Crippen molar-refractivity contribution >= 4 is 39.6 Å². The number of para-hydroxylation sites is 1. The van der Waals surface area contributed by atoms with Gasteiger partial charge >= 0.3 is 12.2 Å². The molecule has 0 bridgehead atoms. The fourth-order valence-corrected chi connectivity index (χ4v) is 2.63. The Labute approximate surface area is 156 Å². The van der Waals surface area contributed by atoms with Crippen molar-refractivity contribution in [1.29, 1.82) is 0 Å². The van der Waals surface area contributed by atoms with Gasteiger partial charge in [0, 0.05) is 16.8 Å². The van der Waals surface area contributed by atoms with Crippen LogP contribution in [0.4, 0.5) is 23.7 Å². The molecule has 7 nitrogen and oxygen atoms in total. The molecule has 1 aromatic heterocycles. The molecule has 148 valence electrons. The number of carbonyl (C=O) groups is 2. The number of hydrogen-bond donors (Lipinski definition) is 3. The number of alkyl halides is 3. The van der Waals surface area contributed by atoms with Gasteiger partial charge in [0.15, 0.2) is 0 Å². The fraction of sp³-hybridized carbons (Fsp3) is 0.222. The van der Waals surface area contributed by atoms with Crippen LogP contribution in [0.3, 0.4) is 0 Å². The van der Waals surface area contributed by atoms with Crippen LogP contribution in [0.25, 0.3) is 21.9 Å². The third-order valence-corrected chi connectivity index (χ3v) is 3.84. The molecule has 28 heavy (non-hydrogen) atoms. The van der Waals surface area contributed by atoms with Gasteiger partial charge in [0.25, 0.3) is 0 Å². The Bertz CT molecular complexity index is 1030. The summed E-state index contributed by atoms with van der Waals surface area (Å²) < 4.78 is 47.2. The van der Waals surface area contributed by atoms with Crippen LogP contribution in [0.2, 0.25) is 0 Å². The van der Waals surface area contributed by atoms with Crippen molar-refractivity contribution < 1.29 is 31.9 Å². The largest absolute Gasteiger partial charge is 0.495 e. The molecule has 2 aromatic carbocycles. The van der Waals surface area contributed by atoms with E-state index in [0.29, 0.717) is 22.6 Å². The average Bonchev–Trinajstić information content (AvgIpc) is 3.00. The highest BCUT2D eigenvalue weighted by Crippen LogP contribution is 2.36. The highest BCUT2D eigenvalue weighted by atomic mass is 19.4. The van der Waals surface area contributed by atoms with Gasteiger partial charge < -0.3 is 19.8 Å². The Morgan fingerprint density at radius 1 is 1.11 bits per heavy atom. The molecule has 0 aliphatic carbocycles. The summed E-state index contributed by atoms with van der Waals surface area (Å²) in [5.41, 5.74) is 1.68. The van der Waals surface area contributed by atoms with Crippen LogP contribution in [-0.4, -0.2) is 38.3 Å². The van der Waals surface area contributed by atoms with E-state index >= 15 is 0 Å². The first kappa shape index (κ1) is 19.3. The third-order valence-electron chi connectivity index (χ3n) is 3.84. The zero-order valence-electron chi connectivity index (χ0n) is 14.6. The van der Waals surface area contributed by atoms with Crippen molar-refractivity contribution in [2.75, 3.05) is 25.5 Å². The predicted molar refractivity (Wildman–Crippen MR) is 96.4 cm³/mol. The molecule has 3 N–H and O–H groups in total. The van der Waals surface area contributed by atoms with E-state index in [1.807, 2.05) is 24.3 Å². The molecule has 1 heterocycles. The Morgan fingerprint density at radius 3 is 2.57 bits per heavy atom. The van der Waals surface area contributed by atoms with Crippen LogP contribution in [0, 0.1) is 0 Å². The second-order valence-electron chi connectivity index (χ2n) is 5.85. The number of rotatable bonds is 5. The minimum Gasteiger partial charge on any atom is -0.495 e. The summed E-state index contributed by atoms with van der Waals surface area (Å²) in [6, 6.07) is 9.61. The van der Waals surface area contributed by atoms with Gasteiger partial charge in [0.05, 0.1) is 19.3 Å². The van der Waals surface area contributed by atoms with E-state index in [4.69, 9.17) is 9.15 Å². The highest BCUT2D eigenvalue weighted by molar-refractivity contribution is 6.06. The maximum Gasteiger partial charge on any atom is 0.405 e. The molecule has 0 spiro atoms. The Balaban J connectivity index is 1.69. The van der Waals surface area contributed by atoms with Gasteiger partial charge in [0.1, 0.15) is 23.5 Å². The molecule has 0 unspecified atom stereocenters. The van der Waals surface area contributed by atoms with E-state index in [2.05, 4.69) is 5.32 Å². The second-order valence-corrected chi connectivity index (χ2v) is 5.85. The van der Waals surface area contributed by atoms with Crippen LogP contribution in [-0.2, 0) is 4.79 Å². The van der Waals surface area contributed by atoms with Crippen molar-refractivity contribution in [2.24, 2.45) is 0 Å². The minimum absolute atomic E-state index is 0.360. The summed E-state index contributed by atoms with van der Waals surface area (Å²) in [5.74, 6) is -0.375. The SMILES string of the molecule is COc1cc2c(cc1NCC(=O)NC(=O)NCC(F)(F)F)oc1ccccc12. The van der Waals surface area contributed by atoms with Crippen molar-refractivity contribution in [3.05, 3.63) is 36.4 Å². The lowest BCUT2D eigenvalue weighted by atomic mass is 10.1. The number of carbonyl (C=O) groups excluding carboxylic acids is 2. The predicted octanol–water partition coefficient (Wildman–Crippen LogP) is 3.39. The molecule has 0 aliphatic heterocycles. The van der Waals surface area contributed by atoms with E-state index in [0.717, 1.165) is 10.8 Å². The van der Waals surface area contributed by atoms with E-state index in [1.165, 1.54) is 7.11 Å². The molecule has 0 fully saturated rings. The normalized spacial score (nSPS) is 11.4. The summed E-state index contributed by atoms with van der Waals surface area (Å²) in [6.07, 6.45) is -4.56.